The summed E-state index contributed by atoms with van der Waals surface area (Å²) in [6, 6.07) is 25.9. The number of phosphoric ester groups is 1. The average Bonchev–Trinajstić information content (AvgIpc) is 3.29. The summed E-state index contributed by atoms with van der Waals surface area (Å²) in [6.07, 6.45) is 6.19. The maximum atomic E-state index is 12.1. The van der Waals surface area contributed by atoms with Crippen LogP contribution in [0.4, 0.5) is 0 Å². The number of nitrogens with zero attached hydrogens (tertiary/aromatic N) is 2. The van der Waals surface area contributed by atoms with E-state index >= 15 is 0 Å². The van der Waals surface area contributed by atoms with Crippen LogP contribution in [0, 0.1) is 19.8 Å². The summed E-state index contributed by atoms with van der Waals surface area (Å²) in [6.45, 7) is 9.14. The minimum absolute atomic E-state index is 0.0530. The number of hydrogen-bond donors (Lipinski definition) is 2. The van der Waals surface area contributed by atoms with Crippen molar-refractivity contribution in [3.8, 4) is 0 Å². The molecule has 0 aromatic heterocycles. The van der Waals surface area contributed by atoms with E-state index in [-0.39, 0.29) is 12.0 Å². The summed E-state index contributed by atoms with van der Waals surface area (Å²) in [7, 11) is -4.81. The van der Waals surface area contributed by atoms with Crippen molar-refractivity contribution >= 4 is 13.9 Å². The molecule has 1 heterocycles. The number of aryl methyl sites for hydroxylation is 2. The molecule has 3 unspecified atom stereocenters. The van der Waals surface area contributed by atoms with Crippen LogP contribution in [0.5, 0.6) is 0 Å². The van der Waals surface area contributed by atoms with Crippen molar-refractivity contribution in [3.63, 3.8) is 0 Å². The van der Waals surface area contributed by atoms with E-state index in [0.29, 0.717) is 13.2 Å². The van der Waals surface area contributed by atoms with Crippen LogP contribution < -0.4 is 0 Å². The molecule has 1 aliphatic heterocycles. The van der Waals surface area contributed by atoms with Gasteiger partial charge in [-0.25, -0.2) is 9.09 Å². The van der Waals surface area contributed by atoms with E-state index in [9.17, 15) is 14.4 Å². The third kappa shape index (κ3) is 7.94. The van der Waals surface area contributed by atoms with Crippen LogP contribution in [-0.2, 0) is 20.4 Å². The molecule has 3 aromatic rings. The van der Waals surface area contributed by atoms with E-state index in [4.69, 9.17) is 9.26 Å². The molecule has 8 heteroatoms. The molecule has 0 aliphatic carbocycles. The Hall–Kier alpha value is -3.19. The molecule has 0 saturated heterocycles. The Labute approximate surface area is 237 Å². The summed E-state index contributed by atoms with van der Waals surface area (Å²) in [5.74, 6) is 0.0530. The number of ether oxygens (including phenoxy) is 1. The smallest absolute Gasteiger partial charge is 0.367 e. The molecule has 4 rings (SSSR count). The Morgan fingerprint density at radius 1 is 0.925 bits per heavy atom. The van der Waals surface area contributed by atoms with Crippen molar-refractivity contribution in [2.75, 3.05) is 6.54 Å². The van der Waals surface area contributed by atoms with Crippen molar-refractivity contribution in [2.45, 2.75) is 52.8 Å². The van der Waals surface area contributed by atoms with Gasteiger partial charge in [-0.05, 0) is 47.6 Å². The molecule has 3 atom stereocenters. The summed E-state index contributed by atoms with van der Waals surface area (Å²) < 4.78 is 24.2. The summed E-state index contributed by atoms with van der Waals surface area (Å²) in [5, 5.41) is 0. The summed E-state index contributed by atoms with van der Waals surface area (Å²) >= 11 is 0. The van der Waals surface area contributed by atoms with E-state index in [1.807, 2.05) is 90.1 Å². The van der Waals surface area contributed by atoms with Gasteiger partial charge in [-0.15, -0.1) is 0 Å². The minimum Gasteiger partial charge on any atom is -0.367 e. The van der Waals surface area contributed by atoms with Gasteiger partial charge in [0.1, 0.15) is 6.10 Å². The number of phosphoric acid groups is 1. The van der Waals surface area contributed by atoms with Gasteiger partial charge in [0.2, 0.25) is 6.35 Å². The fourth-order valence-corrected chi connectivity index (χ4v) is 5.43. The van der Waals surface area contributed by atoms with Gasteiger partial charge in [0.25, 0.3) is 0 Å². The van der Waals surface area contributed by atoms with Crippen LogP contribution in [0.25, 0.3) is 6.08 Å². The van der Waals surface area contributed by atoms with Gasteiger partial charge >= 0.3 is 7.82 Å². The van der Waals surface area contributed by atoms with Gasteiger partial charge < -0.3 is 24.3 Å². The van der Waals surface area contributed by atoms with E-state index < -0.39 is 20.3 Å². The minimum atomic E-state index is -4.81. The molecule has 1 aliphatic rings. The molecular weight excluding hydrogens is 523 g/mol. The second kappa shape index (κ2) is 13.4. The molecule has 3 aromatic carbocycles. The third-order valence-electron chi connectivity index (χ3n) is 7.09. The lowest BCUT2D eigenvalue weighted by Crippen LogP contribution is -2.50. The lowest BCUT2D eigenvalue weighted by molar-refractivity contribution is -0.107. The number of benzene rings is 3. The largest absolute Gasteiger partial charge is 0.472 e. The lowest BCUT2D eigenvalue weighted by Gasteiger charge is -2.42. The molecule has 0 spiro atoms. The molecule has 2 N–H and O–H groups in total. The van der Waals surface area contributed by atoms with Crippen molar-refractivity contribution in [1.29, 1.82) is 0 Å². The first kappa shape index (κ1) is 29.8. The van der Waals surface area contributed by atoms with E-state index in [1.165, 1.54) is 11.1 Å². The maximum Gasteiger partial charge on any atom is 0.472 e. The Morgan fingerprint density at radius 2 is 1.60 bits per heavy atom. The zero-order chi connectivity index (χ0) is 28.7. The van der Waals surface area contributed by atoms with Crippen LogP contribution >= 0.6 is 7.82 Å². The molecule has 0 amide bonds. The summed E-state index contributed by atoms with van der Waals surface area (Å²) in [4.78, 5) is 23.4. The highest BCUT2D eigenvalue weighted by Gasteiger charge is 2.41. The van der Waals surface area contributed by atoms with Crippen molar-refractivity contribution < 1.29 is 23.6 Å². The zero-order valence-corrected chi connectivity index (χ0v) is 24.4. The molecule has 0 fully saturated rings. The molecule has 212 valence electrons. The Morgan fingerprint density at radius 3 is 2.23 bits per heavy atom. The Kier molecular flexibility index (Phi) is 10.0. The van der Waals surface area contributed by atoms with Gasteiger partial charge in [0.15, 0.2) is 0 Å². The highest BCUT2D eigenvalue weighted by molar-refractivity contribution is 7.46. The standard InChI is InChI=1S/C32H39N2O5P/c1-24(2)30(31(29-15-9-6-10-16-29)38-23-28-18-17-25(3)26(4)22-28)34-21-20-33(32(34)39-40(35,36)37)19-11-14-27-12-7-5-8-13-27/h5-18,20-22,24,30-32H,19,23H2,1-4H3,(H2,35,36,37)/b14-11+. The quantitative estimate of drug-likeness (QED) is 0.236. The van der Waals surface area contributed by atoms with Crippen LogP contribution in [0.1, 0.15) is 47.8 Å². The lowest BCUT2D eigenvalue weighted by atomic mass is 9.92. The second-order valence-corrected chi connectivity index (χ2v) is 11.7. The topological polar surface area (TPSA) is 82.5 Å². The Bertz CT molecular complexity index is 1340. The molecular formula is C32H39N2O5P. The summed E-state index contributed by atoms with van der Waals surface area (Å²) in [5.41, 5.74) is 5.52. The van der Waals surface area contributed by atoms with Crippen LogP contribution in [0.2, 0.25) is 0 Å². The Balaban J connectivity index is 1.62. The molecule has 0 saturated carbocycles. The van der Waals surface area contributed by atoms with Crippen LogP contribution in [0.3, 0.4) is 0 Å². The van der Waals surface area contributed by atoms with Gasteiger partial charge in [0.05, 0.1) is 12.6 Å². The predicted octanol–water partition coefficient (Wildman–Crippen LogP) is 6.78. The first-order valence-electron chi connectivity index (χ1n) is 13.5. The zero-order valence-electron chi connectivity index (χ0n) is 23.5. The van der Waals surface area contributed by atoms with Gasteiger partial charge in [-0.3, -0.25) is 0 Å². The van der Waals surface area contributed by atoms with Crippen molar-refractivity contribution in [3.05, 3.63) is 125 Å². The predicted molar refractivity (Wildman–Crippen MR) is 159 cm³/mol. The monoisotopic (exact) mass is 562 g/mol. The van der Waals surface area contributed by atoms with Crippen LogP contribution in [-0.4, -0.2) is 38.5 Å². The third-order valence-corrected chi connectivity index (χ3v) is 7.56. The van der Waals surface area contributed by atoms with E-state index in [1.54, 1.807) is 4.90 Å². The fourth-order valence-electron chi connectivity index (χ4n) is 4.96. The molecule has 40 heavy (non-hydrogen) atoms. The molecule has 0 bridgehead atoms. The first-order valence-corrected chi connectivity index (χ1v) is 15.0. The SMILES string of the molecule is Cc1ccc(COC(c2ccccc2)C(C(C)C)N2C=CN(C/C=C/c3ccccc3)C2OP(=O)(O)O)cc1C. The highest BCUT2D eigenvalue weighted by Crippen LogP contribution is 2.43. The van der Waals surface area contributed by atoms with E-state index in [0.717, 1.165) is 16.7 Å². The molecule has 0 radical (unpaired) electrons. The van der Waals surface area contributed by atoms with E-state index in [2.05, 4.69) is 45.9 Å². The number of hydrogen-bond acceptors (Lipinski definition) is 5. The van der Waals surface area contributed by atoms with Crippen LogP contribution in [0.15, 0.2) is 97.3 Å². The average molecular weight is 563 g/mol. The fraction of sp³-hybridized carbons (Fsp3) is 0.312. The van der Waals surface area contributed by atoms with Gasteiger partial charge in [0, 0.05) is 18.9 Å². The normalized spacial score (nSPS) is 17.2. The van der Waals surface area contributed by atoms with Crippen molar-refractivity contribution in [1.82, 2.24) is 9.80 Å². The number of rotatable bonds is 12. The molecule has 7 nitrogen and oxygen atoms in total. The van der Waals surface area contributed by atoms with Gasteiger partial charge in [-0.1, -0.05) is 105 Å². The maximum absolute atomic E-state index is 12.1. The highest BCUT2D eigenvalue weighted by atomic mass is 31.2. The van der Waals surface area contributed by atoms with Gasteiger partial charge in [-0.2, -0.15) is 0 Å². The van der Waals surface area contributed by atoms with Crippen molar-refractivity contribution in [2.24, 2.45) is 5.92 Å². The first-order chi connectivity index (χ1) is 19.1. The second-order valence-electron chi connectivity index (χ2n) is 10.5.